The highest BCUT2D eigenvalue weighted by molar-refractivity contribution is 7.51. The van der Waals surface area contributed by atoms with Crippen LogP contribution >= 0.6 is 7.60 Å². The Hall–Kier alpha value is -1.36. The van der Waals surface area contributed by atoms with Gasteiger partial charge >= 0.3 is 13.7 Å². The number of ether oxygens (including phenoxy) is 1. The molecule has 0 aliphatic heterocycles. The van der Waals surface area contributed by atoms with E-state index in [-0.39, 0.29) is 17.6 Å². The molecular weight excluding hydrogens is 557 g/mol. The zero-order valence-corrected chi connectivity index (χ0v) is 29.0. The molecule has 3 saturated carbocycles. The van der Waals surface area contributed by atoms with Crippen LogP contribution in [0.5, 0.6) is 0 Å². The van der Waals surface area contributed by atoms with E-state index in [1.54, 1.807) is 5.57 Å². The SMILES string of the molecule is CC(C)[C@@H](C)/C=C/[C@@H](C)[C@H]1CC[C@H]2C3=CC=C4C[C@@H](OC(=O)NCCCCCCOP(C)(=O)O)CC[C@]4(C)[C@H]3CC[C@]12C. The number of rotatable bonds is 13. The van der Waals surface area contributed by atoms with Crippen molar-refractivity contribution < 1.29 is 23.5 Å². The van der Waals surface area contributed by atoms with Crippen LogP contribution in [0.3, 0.4) is 0 Å². The fourth-order valence-corrected chi connectivity index (χ4v) is 9.35. The monoisotopic (exact) mass is 617 g/mol. The maximum Gasteiger partial charge on any atom is 0.407 e. The third-order valence-electron chi connectivity index (χ3n) is 11.9. The van der Waals surface area contributed by atoms with Gasteiger partial charge in [0.1, 0.15) is 6.10 Å². The molecule has 3 fully saturated rings. The topological polar surface area (TPSA) is 84.9 Å². The second-order valence-corrected chi connectivity index (χ2v) is 17.1. The number of fused-ring (bicyclic) bond motifs is 5. The van der Waals surface area contributed by atoms with E-state index in [1.165, 1.54) is 37.9 Å². The molecule has 2 N–H and O–H groups in total. The van der Waals surface area contributed by atoms with Crippen molar-refractivity contribution in [3.8, 4) is 0 Å². The first-order valence-electron chi connectivity index (χ1n) is 17.2. The number of amides is 1. The van der Waals surface area contributed by atoms with E-state index in [1.807, 2.05) is 0 Å². The van der Waals surface area contributed by atoms with E-state index >= 15 is 0 Å². The normalized spacial score (nSPS) is 34.8. The third kappa shape index (κ3) is 8.27. The minimum absolute atomic E-state index is 0.0553. The van der Waals surface area contributed by atoms with Gasteiger partial charge in [0.15, 0.2) is 0 Å². The second kappa shape index (κ2) is 14.4. The lowest BCUT2D eigenvalue weighted by atomic mass is 9.50. The predicted molar refractivity (Wildman–Crippen MR) is 176 cm³/mol. The zero-order chi connectivity index (χ0) is 31.4. The Labute approximate surface area is 262 Å². The maximum atomic E-state index is 12.5. The minimum atomic E-state index is -3.38. The second-order valence-electron chi connectivity index (χ2n) is 15.2. The van der Waals surface area contributed by atoms with Gasteiger partial charge in [0.25, 0.3) is 0 Å². The first kappa shape index (κ1) is 34.5. The van der Waals surface area contributed by atoms with Crippen LogP contribution in [0.2, 0.25) is 0 Å². The Morgan fingerprint density at radius 2 is 1.77 bits per heavy atom. The lowest BCUT2D eigenvalue weighted by molar-refractivity contribution is 0.0292. The van der Waals surface area contributed by atoms with Crippen molar-refractivity contribution in [2.45, 2.75) is 118 Å². The predicted octanol–water partition coefficient (Wildman–Crippen LogP) is 9.46. The average Bonchev–Trinajstić information content (AvgIpc) is 3.29. The van der Waals surface area contributed by atoms with E-state index in [0.29, 0.717) is 48.2 Å². The van der Waals surface area contributed by atoms with E-state index in [2.05, 4.69) is 71.2 Å². The van der Waals surface area contributed by atoms with Gasteiger partial charge in [0.05, 0.1) is 6.61 Å². The third-order valence-corrected chi connectivity index (χ3v) is 12.6. The van der Waals surface area contributed by atoms with Crippen molar-refractivity contribution in [2.75, 3.05) is 19.8 Å². The lowest BCUT2D eigenvalue weighted by Crippen LogP contribution is -2.47. The zero-order valence-electron chi connectivity index (χ0n) is 28.1. The molecule has 0 spiro atoms. The molecule has 0 saturated heterocycles. The quantitative estimate of drug-likeness (QED) is 0.122. The Balaban J connectivity index is 1.28. The van der Waals surface area contributed by atoms with Crippen molar-refractivity contribution in [1.82, 2.24) is 5.32 Å². The van der Waals surface area contributed by atoms with Crippen LogP contribution in [0.15, 0.2) is 35.5 Å². The number of carbonyl (C=O) groups is 1. The number of unbranched alkanes of at least 4 members (excludes halogenated alkanes) is 3. The van der Waals surface area contributed by atoms with Gasteiger partial charge in [-0.15, -0.1) is 0 Å². The molecule has 1 unspecified atom stereocenters. The number of nitrogens with one attached hydrogen (secondary N) is 1. The molecule has 1 amide bonds. The number of carbonyl (C=O) groups excluding carboxylic acids is 1. The molecule has 0 aromatic rings. The molecule has 4 aliphatic carbocycles. The maximum absolute atomic E-state index is 12.5. The van der Waals surface area contributed by atoms with Crippen LogP contribution < -0.4 is 5.32 Å². The average molecular weight is 618 g/mol. The van der Waals surface area contributed by atoms with Gasteiger partial charge in [-0.05, 0) is 97.7 Å². The van der Waals surface area contributed by atoms with Crippen LogP contribution in [-0.4, -0.2) is 36.9 Å². The first-order valence-corrected chi connectivity index (χ1v) is 19.3. The molecule has 0 heterocycles. The van der Waals surface area contributed by atoms with Gasteiger partial charge in [0, 0.05) is 19.6 Å². The summed E-state index contributed by atoms with van der Waals surface area (Å²) in [6.45, 7) is 16.6. The van der Waals surface area contributed by atoms with Crippen LogP contribution in [0.1, 0.15) is 112 Å². The number of hydrogen-bond acceptors (Lipinski definition) is 4. The van der Waals surface area contributed by atoms with Gasteiger partial charge in [-0.3, -0.25) is 4.57 Å². The van der Waals surface area contributed by atoms with E-state index in [9.17, 15) is 9.36 Å². The molecule has 4 aliphatic rings. The molecule has 6 nitrogen and oxygen atoms in total. The summed E-state index contributed by atoms with van der Waals surface area (Å²) in [5, 5.41) is 2.92. The molecule has 43 heavy (non-hydrogen) atoms. The van der Waals surface area contributed by atoms with Gasteiger partial charge in [-0.2, -0.15) is 0 Å². The highest BCUT2D eigenvalue weighted by atomic mass is 31.2. The summed E-state index contributed by atoms with van der Waals surface area (Å²) in [5.74, 6) is 4.02. The minimum Gasteiger partial charge on any atom is -0.446 e. The van der Waals surface area contributed by atoms with Crippen molar-refractivity contribution in [3.63, 3.8) is 0 Å². The summed E-state index contributed by atoms with van der Waals surface area (Å²) in [6, 6.07) is 0. The van der Waals surface area contributed by atoms with E-state index in [4.69, 9.17) is 14.2 Å². The Kier molecular flexibility index (Phi) is 11.5. The number of alkyl carbamates (subject to hydrolysis) is 1. The lowest BCUT2D eigenvalue weighted by Gasteiger charge is -2.55. The fourth-order valence-electron chi connectivity index (χ4n) is 8.88. The summed E-state index contributed by atoms with van der Waals surface area (Å²) in [7, 11) is -3.38. The van der Waals surface area contributed by atoms with Gasteiger partial charge in [-0.25, -0.2) is 4.79 Å². The number of hydrogen-bond donors (Lipinski definition) is 2. The van der Waals surface area contributed by atoms with Crippen LogP contribution in [0.25, 0.3) is 0 Å². The summed E-state index contributed by atoms with van der Waals surface area (Å²) in [5.41, 5.74) is 3.77. The standard InChI is InChI=1S/C36H60NO5P/c1-25(2)26(3)12-13-27(4)31-16-17-32-30-15-14-28-24-29(18-20-35(28,5)33(30)19-21-36(31,32)6)42-34(38)37-22-10-8-9-11-23-41-43(7,39)40/h12-15,25-27,29,31-33H,8-11,16-24H2,1-7H3,(H,37,38)(H,39,40)/b13-12+/t26-,27+,29-,31+,32-,33-,35-,36+/m0/s1. The molecule has 0 aromatic carbocycles. The summed E-state index contributed by atoms with van der Waals surface area (Å²) in [6.07, 6.45) is 21.1. The van der Waals surface area contributed by atoms with E-state index in [0.717, 1.165) is 50.9 Å². The molecule has 0 aromatic heterocycles. The summed E-state index contributed by atoms with van der Waals surface area (Å²) in [4.78, 5) is 21.7. The fraction of sp³-hybridized carbons (Fsp3) is 0.806. The molecule has 0 radical (unpaired) electrons. The van der Waals surface area contributed by atoms with Crippen molar-refractivity contribution in [1.29, 1.82) is 0 Å². The Morgan fingerprint density at radius 3 is 2.49 bits per heavy atom. The van der Waals surface area contributed by atoms with E-state index < -0.39 is 7.60 Å². The van der Waals surface area contributed by atoms with Crippen molar-refractivity contribution in [2.24, 2.45) is 46.3 Å². The van der Waals surface area contributed by atoms with Gasteiger partial charge < -0.3 is 19.5 Å². The van der Waals surface area contributed by atoms with Crippen molar-refractivity contribution in [3.05, 3.63) is 35.5 Å². The van der Waals surface area contributed by atoms with Crippen LogP contribution in [0, 0.1) is 46.3 Å². The van der Waals surface area contributed by atoms with Gasteiger partial charge in [0.2, 0.25) is 0 Å². The smallest absolute Gasteiger partial charge is 0.407 e. The molecule has 9 atom stereocenters. The molecule has 7 heteroatoms. The summed E-state index contributed by atoms with van der Waals surface area (Å²) >= 11 is 0. The number of allylic oxidation sites excluding steroid dienone is 5. The Morgan fingerprint density at radius 1 is 1.02 bits per heavy atom. The molecule has 0 bridgehead atoms. The summed E-state index contributed by atoms with van der Waals surface area (Å²) < 4.78 is 21.9. The molecular formula is C36H60NO5P. The Bertz CT molecular complexity index is 1110. The van der Waals surface area contributed by atoms with Crippen molar-refractivity contribution >= 4 is 13.7 Å². The molecule has 244 valence electrons. The largest absolute Gasteiger partial charge is 0.446 e. The molecule has 4 rings (SSSR count). The van der Waals surface area contributed by atoms with Gasteiger partial charge in [-0.1, -0.05) is 89.8 Å². The first-order chi connectivity index (χ1) is 20.2. The van der Waals surface area contributed by atoms with Crippen LogP contribution in [-0.2, 0) is 13.8 Å². The van der Waals surface area contributed by atoms with Crippen LogP contribution in [0.4, 0.5) is 4.79 Å². The highest BCUT2D eigenvalue weighted by Crippen LogP contribution is 2.66. The highest BCUT2D eigenvalue weighted by Gasteiger charge is 2.57.